The van der Waals surface area contributed by atoms with Crippen LogP contribution in [-0.2, 0) is 4.79 Å². The molecule has 1 amide bonds. The van der Waals surface area contributed by atoms with Crippen molar-refractivity contribution in [2.45, 2.75) is 50.1 Å². The third-order valence-corrected chi connectivity index (χ3v) is 5.74. The largest absolute Gasteiger partial charge is 0.342 e. The lowest BCUT2D eigenvalue weighted by Crippen LogP contribution is -2.44. The maximum absolute atomic E-state index is 13.3. The summed E-state index contributed by atoms with van der Waals surface area (Å²) in [4.78, 5) is 14.8. The first-order valence-electron chi connectivity index (χ1n) is 8.51. The van der Waals surface area contributed by atoms with Crippen molar-refractivity contribution in [3.63, 3.8) is 0 Å². The van der Waals surface area contributed by atoms with Gasteiger partial charge in [0.15, 0.2) is 0 Å². The van der Waals surface area contributed by atoms with Gasteiger partial charge in [-0.15, -0.1) is 0 Å². The number of hydrogen-bond donors (Lipinski definition) is 1. The highest BCUT2D eigenvalue weighted by molar-refractivity contribution is 5.80. The standard InChI is InChI=1S/C18H23FN2O/c19-14-3-1-2-13(10-14)12-6-8-21(9-7-12)18(22)16-11-15-4-5-17(16)20-15/h1-3,10,12,15-17,20H,4-9,11H2/t15-,16+,17+/m0/s1. The van der Waals surface area contributed by atoms with Crippen LogP contribution in [0.4, 0.5) is 4.39 Å². The van der Waals surface area contributed by atoms with Gasteiger partial charge in [-0.1, -0.05) is 12.1 Å². The zero-order valence-corrected chi connectivity index (χ0v) is 12.8. The van der Waals surface area contributed by atoms with Crippen LogP contribution in [0.1, 0.15) is 43.6 Å². The minimum absolute atomic E-state index is 0.163. The summed E-state index contributed by atoms with van der Waals surface area (Å²) >= 11 is 0. The van der Waals surface area contributed by atoms with Crippen LogP contribution in [-0.4, -0.2) is 36.0 Å². The van der Waals surface area contributed by atoms with E-state index in [1.54, 1.807) is 12.1 Å². The zero-order valence-electron chi connectivity index (χ0n) is 12.8. The monoisotopic (exact) mass is 302 g/mol. The van der Waals surface area contributed by atoms with Crippen molar-refractivity contribution in [1.29, 1.82) is 0 Å². The molecular formula is C18H23FN2O. The van der Waals surface area contributed by atoms with Crippen LogP contribution in [0.25, 0.3) is 0 Å². The summed E-state index contributed by atoms with van der Waals surface area (Å²) in [5.74, 6) is 0.767. The first-order valence-corrected chi connectivity index (χ1v) is 8.51. The smallest absolute Gasteiger partial charge is 0.227 e. The van der Waals surface area contributed by atoms with E-state index >= 15 is 0 Å². The Kier molecular flexibility index (Phi) is 3.65. The van der Waals surface area contributed by atoms with E-state index in [1.165, 1.54) is 12.5 Å². The van der Waals surface area contributed by atoms with Gasteiger partial charge >= 0.3 is 0 Å². The van der Waals surface area contributed by atoms with Gasteiger partial charge in [-0.3, -0.25) is 4.79 Å². The van der Waals surface area contributed by atoms with Crippen molar-refractivity contribution in [1.82, 2.24) is 10.2 Å². The Balaban J connectivity index is 1.36. The van der Waals surface area contributed by atoms with Gasteiger partial charge in [0.25, 0.3) is 0 Å². The number of amides is 1. The van der Waals surface area contributed by atoms with E-state index < -0.39 is 0 Å². The SMILES string of the molecule is O=C([C@@H]1C[C@@H]2CC[C@H]1N2)N1CCC(c2cccc(F)c2)CC1. The first kappa shape index (κ1) is 14.2. The minimum atomic E-state index is -0.163. The second-order valence-electron chi connectivity index (χ2n) is 7.04. The number of rotatable bonds is 2. The van der Waals surface area contributed by atoms with E-state index in [0.29, 0.717) is 23.9 Å². The quantitative estimate of drug-likeness (QED) is 0.911. The highest BCUT2D eigenvalue weighted by Gasteiger charge is 2.44. The number of carbonyl (C=O) groups is 1. The van der Waals surface area contributed by atoms with Crippen LogP contribution in [0.2, 0.25) is 0 Å². The molecule has 0 spiro atoms. The molecule has 1 N–H and O–H groups in total. The maximum Gasteiger partial charge on any atom is 0.227 e. The fraction of sp³-hybridized carbons (Fsp3) is 0.611. The Bertz CT molecular complexity index is 568. The molecule has 3 heterocycles. The number of hydrogen-bond acceptors (Lipinski definition) is 2. The topological polar surface area (TPSA) is 32.3 Å². The van der Waals surface area contributed by atoms with E-state index in [2.05, 4.69) is 5.32 Å². The first-order chi connectivity index (χ1) is 10.7. The summed E-state index contributed by atoms with van der Waals surface area (Å²) in [5.41, 5.74) is 1.08. The van der Waals surface area contributed by atoms with Gasteiger partial charge in [-0.25, -0.2) is 4.39 Å². The fourth-order valence-electron chi connectivity index (χ4n) is 4.53. The van der Waals surface area contributed by atoms with Gasteiger partial charge in [0.1, 0.15) is 5.82 Å². The summed E-state index contributed by atoms with van der Waals surface area (Å²) in [6, 6.07) is 7.91. The average Bonchev–Trinajstić information content (AvgIpc) is 3.17. The second-order valence-corrected chi connectivity index (χ2v) is 7.04. The molecule has 22 heavy (non-hydrogen) atoms. The van der Waals surface area contributed by atoms with Crippen molar-refractivity contribution < 1.29 is 9.18 Å². The lowest BCUT2D eigenvalue weighted by Gasteiger charge is -2.35. The van der Waals surface area contributed by atoms with Crippen LogP contribution in [0.3, 0.4) is 0 Å². The molecule has 3 saturated heterocycles. The Morgan fingerprint density at radius 3 is 2.64 bits per heavy atom. The van der Waals surface area contributed by atoms with Crippen molar-refractivity contribution in [2.24, 2.45) is 5.92 Å². The molecule has 2 bridgehead atoms. The summed E-state index contributed by atoms with van der Waals surface area (Å²) in [7, 11) is 0. The molecule has 1 aromatic carbocycles. The van der Waals surface area contributed by atoms with Crippen molar-refractivity contribution >= 4 is 5.91 Å². The van der Waals surface area contributed by atoms with Crippen LogP contribution in [0, 0.1) is 11.7 Å². The van der Waals surface area contributed by atoms with Crippen LogP contribution in [0.15, 0.2) is 24.3 Å². The molecule has 0 radical (unpaired) electrons. The van der Waals surface area contributed by atoms with E-state index in [0.717, 1.165) is 44.3 Å². The Morgan fingerprint density at radius 1 is 1.18 bits per heavy atom. The molecule has 1 aromatic rings. The molecule has 3 fully saturated rings. The third kappa shape index (κ3) is 2.54. The van der Waals surface area contributed by atoms with Crippen LogP contribution >= 0.6 is 0 Å². The van der Waals surface area contributed by atoms with E-state index in [9.17, 15) is 9.18 Å². The summed E-state index contributed by atoms with van der Waals surface area (Å²) in [5, 5.41) is 3.55. The predicted molar refractivity (Wildman–Crippen MR) is 83.0 cm³/mol. The Labute approximate surface area is 130 Å². The average molecular weight is 302 g/mol. The van der Waals surface area contributed by atoms with Gasteiger partial charge in [0.2, 0.25) is 5.91 Å². The fourth-order valence-corrected chi connectivity index (χ4v) is 4.53. The van der Waals surface area contributed by atoms with Gasteiger partial charge < -0.3 is 10.2 Å². The van der Waals surface area contributed by atoms with E-state index in [-0.39, 0.29) is 11.7 Å². The molecular weight excluding hydrogens is 279 g/mol. The summed E-state index contributed by atoms with van der Waals surface area (Å²) < 4.78 is 13.3. The van der Waals surface area contributed by atoms with Gasteiger partial charge in [-0.05, 0) is 55.7 Å². The van der Waals surface area contributed by atoms with E-state index in [1.807, 2.05) is 11.0 Å². The molecule has 118 valence electrons. The molecule has 0 saturated carbocycles. The lowest BCUT2D eigenvalue weighted by atomic mass is 9.86. The molecule has 4 rings (SSSR count). The molecule has 3 atom stereocenters. The second kappa shape index (κ2) is 5.65. The van der Waals surface area contributed by atoms with Crippen molar-refractivity contribution in [3.05, 3.63) is 35.6 Å². The summed E-state index contributed by atoms with van der Waals surface area (Å²) in [6.45, 7) is 1.63. The van der Waals surface area contributed by atoms with Gasteiger partial charge in [0, 0.05) is 25.2 Å². The van der Waals surface area contributed by atoms with Gasteiger partial charge in [-0.2, -0.15) is 0 Å². The number of nitrogens with zero attached hydrogens (tertiary/aromatic N) is 1. The van der Waals surface area contributed by atoms with Crippen LogP contribution in [0.5, 0.6) is 0 Å². The zero-order chi connectivity index (χ0) is 15.1. The molecule has 3 aliphatic heterocycles. The number of halogens is 1. The predicted octanol–water partition coefficient (Wildman–Crippen LogP) is 2.67. The Hall–Kier alpha value is -1.42. The molecule has 3 nitrogen and oxygen atoms in total. The van der Waals surface area contributed by atoms with Crippen molar-refractivity contribution in [2.75, 3.05) is 13.1 Å². The minimum Gasteiger partial charge on any atom is -0.342 e. The number of benzene rings is 1. The molecule has 3 aliphatic rings. The van der Waals surface area contributed by atoms with Crippen molar-refractivity contribution in [3.8, 4) is 0 Å². The number of carbonyl (C=O) groups excluding carboxylic acids is 1. The normalized spacial score (nSPS) is 31.7. The summed E-state index contributed by atoms with van der Waals surface area (Å²) in [6.07, 6.45) is 5.30. The number of likely N-dealkylation sites (tertiary alicyclic amines) is 1. The molecule has 4 heteroatoms. The highest BCUT2D eigenvalue weighted by Crippen LogP contribution is 2.36. The number of nitrogens with one attached hydrogen (secondary N) is 1. The Morgan fingerprint density at radius 2 is 2.00 bits per heavy atom. The van der Waals surface area contributed by atoms with E-state index in [4.69, 9.17) is 0 Å². The highest BCUT2D eigenvalue weighted by atomic mass is 19.1. The lowest BCUT2D eigenvalue weighted by molar-refractivity contribution is -0.137. The molecule has 0 aromatic heterocycles. The molecule has 0 aliphatic carbocycles. The third-order valence-electron chi connectivity index (χ3n) is 5.74. The number of piperidine rings is 1. The molecule has 0 unspecified atom stereocenters. The maximum atomic E-state index is 13.3. The van der Waals surface area contributed by atoms with Crippen LogP contribution < -0.4 is 5.32 Å². The van der Waals surface area contributed by atoms with Gasteiger partial charge in [0.05, 0.1) is 5.92 Å². The number of fused-ring (bicyclic) bond motifs is 2.